The van der Waals surface area contributed by atoms with E-state index < -0.39 is 84.4 Å². The van der Waals surface area contributed by atoms with Crippen LogP contribution in [0.2, 0.25) is 0 Å². The fourth-order valence-corrected chi connectivity index (χ4v) is 14.6. The van der Waals surface area contributed by atoms with Gasteiger partial charge in [0.1, 0.15) is 18.1 Å². The highest BCUT2D eigenvalue weighted by molar-refractivity contribution is 7.52. The van der Waals surface area contributed by atoms with Gasteiger partial charge >= 0.3 is 13.3 Å². The number of rotatable bonds is 20. The Balaban J connectivity index is 0.752. The minimum absolute atomic E-state index is 0.0335. The molecule has 4 atom stereocenters. The molecule has 5 aliphatic rings. The first-order valence-corrected chi connectivity index (χ1v) is 32.6. The van der Waals surface area contributed by atoms with Crippen LogP contribution in [0.4, 0.5) is 14.5 Å². The number of carbonyl (C=O) groups excluding carboxylic acids is 9. The molecule has 0 bridgehead atoms. The molecule has 2 fully saturated rings. The molecule has 0 saturated carbocycles. The van der Waals surface area contributed by atoms with Crippen molar-refractivity contribution < 1.29 is 66.3 Å². The number of para-hydroxylation sites is 1. The third kappa shape index (κ3) is 13.1. The highest BCUT2D eigenvalue weighted by atomic mass is 32.1. The second-order valence-corrected chi connectivity index (χ2v) is 26.4. The van der Waals surface area contributed by atoms with Gasteiger partial charge in [0.2, 0.25) is 29.5 Å². The van der Waals surface area contributed by atoms with Gasteiger partial charge in [-0.1, -0.05) is 110 Å². The van der Waals surface area contributed by atoms with Gasteiger partial charge in [-0.3, -0.25) is 57.9 Å². The molecule has 1 aromatic heterocycles. The predicted octanol–water partition coefficient (Wildman–Crippen LogP) is 7.90. The lowest BCUT2D eigenvalue weighted by Crippen LogP contribution is -2.56. The number of thiophene rings is 1. The number of hydrogen-bond donors (Lipinski definition) is 6. The fourth-order valence-electron chi connectivity index (χ4n) is 13.1. The first kappa shape index (κ1) is 62.9. The van der Waals surface area contributed by atoms with Crippen molar-refractivity contribution in [3.63, 3.8) is 0 Å². The van der Waals surface area contributed by atoms with Crippen LogP contribution in [-0.2, 0) is 58.4 Å². The van der Waals surface area contributed by atoms with Gasteiger partial charge in [-0.15, -0.1) is 11.3 Å². The second-order valence-electron chi connectivity index (χ2n) is 23.7. The molecule has 0 radical (unpaired) electrons. The monoisotopic (exact) mass is 1260 g/mol. The number of likely N-dealkylation sites (tertiary alicyclic amines) is 1. The maximum Gasteiger partial charge on any atom is 0.399 e. The summed E-state index contributed by atoms with van der Waals surface area (Å²) in [5.74, 6) is 1.30. The average Bonchev–Trinajstić information content (AvgIpc) is 1.58. The van der Waals surface area contributed by atoms with Crippen LogP contribution in [0.3, 0.4) is 0 Å². The smallest absolute Gasteiger partial charge is 0.370 e. The Morgan fingerprint density at radius 1 is 0.833 bits per heavy atom. The maximum atomic E-state index is 15.7. The van der Waals surface area contributed by atoms with E-state index in [1.807, 2.05) is 72.8 Å². The number of anilines is 1. The Hall–Kier alpha value is -8.74. The van der Waals surface area contributed by atoms with E-state index in [-0.39, 0.29) is 109 Å². The van der Waals surface area contributed by atoms with Crippen molar-refractivity contribution >= 4 is 87.7 Å². The zero-order valence-electron chi connectivity index (χ0n) is 49.0. The van der Waals surface area contributed by atoms with Crippen LogP contribution in [0.15, 0.2) is 115 Å². The summed E-state index contributed by atoms with van der Waals surface area (Å²) in [4.78, 5) is 147. The minimum Gasteiger partial charge on any atom is -0.370 e. The number of alkyl halides is 2. The number of unbranched alkanes of at least 4 members (excludes halogenated alkanes) is 2. The zero-order chi connectivity index (χ0) is 63.6. The molecule has 7 N–H and O–H groups in total. The summed E-state index contributed by atoms with van der Waals surface area (Å²) >= 11 is 0.796. The minimum atomic E-state index is -6.13. The number of Topliss-reactive ketones (excluding diaryl/α,β-unsaturated/α-hetero) is 1. The molecule has 19 nitrogen and oxygen atoms in total. The van der Waals surface area contributed by atoms with Crippen LogP contribution in [0.1, 0.15) is 152 Å². The number of imide groups is 1. The van der Waals surface area contributed by atoms with Gasteiger partial charge in [0.25, 0.3) is 17.7 Å². The number of piperidine rings is 2. The number of primary amides is 1. The van der Waals surface area contributed by atoms with Gasteiger partial charge in [-0.05, 0) is 114 Å². The summed E-state index contributed by atoms with van der Waals surface area (Å²) in [5, 5.41) is 7.92. The molecule has 6 aromatic rings. The molecule has 1 unspecified atom stereocenters. The third-order valence-electron chi connectivity index (χ3n) is 17.9. The molecule has 8 amide bonds. The highest BCUT2D eigenvalue weighted by Gasteiger charge is 2.51. The van der Waals surface area contributed by atoms with Gasteiger partial charge in [0.05, 0.1) is 22.2 Å². The second kappa shape index (κ2) is 26.4. The SMILES string of the molecule is NC(=O)CC[C@H](NC(=O)[C@@H]1Cc2cccc3c2N1C(=O)[C@@H](NC(=O)c1cc2cc(C(F)(F)P(=O)(O)O)cc(C(=O)N4CCC(CCCCC#Cc5cccc6c5CN(C5CCC(=O)NC5=O)C6=O)CC4)c2s1)CC3)C(=O)CC(c1ccccc1)c1ccccc1. The number of halogens is 2. The summed E-state index contributed by atoms with van der Waals surface area (Å²) < 4.78 is 43.7. The molecule has 466 valence electrons. The molecule has 11 rings (SSSR count). The van der Waals surface area contributed by atoms with Crippen molar-refractivity contribution in [1.29, 1.82) is 0 Å². The molecule has 0 aliphatic carbocycles. The van der Waals surface area contributed by atoms with E-state index in [1.54, 1.807) is 24.3 Å². The fraction of sp³-hybridized carbons (Fsp3) is 0.358. The van der Waals surface area contributed by atoms with E-state index in [0.717, 1.165) is 65.0 Å². The lowest BCUT2D eigenvalue weighted by Gasteiger charge is -2.32. The number of amides is 8. The number of nitrogens with two attached hydrogens (primary N) is 1. The van der Waals surface area contributed by atoms with E-state index in [9.17, 15) is 57.5 Å². The van der Waals surface area contributed by atoms with Crippen molar-refractivity contribution in [3.05, 3.63) is 170 Å². The van der Waals surface area contributed by atoms with Crippen LogP contribution >= 0.6 is 18.9 Å². The average molecular weight is 1260 g/mol. The van der Waals surface area contributed by atoms with Crippen LogP contribution in [-0.4, -0.2) is 110 Å². The summed E-state index contributed by atoms with van der Waals surface area (Å²) in [6, 6.07) is 28.1. The number of aryl methyl sites for hydroxylation is 1. The van der Waals surface area contributed by atoms with Gasteiger partial charge in [0.15, 0.2) is 5.78 Å². The molecule has 90 heavy (non-hydrogen) atoms. The summed E-state index contributed by atoms with van der Waals surface area (Å²) in [7, 11) is -6.13. The highest BCUT2D eigenvalue weighted by Crippen LogP contribution is 2.60. The third-order valence-corrected chi connectivity index (χ3v) is 20.0. The molecule has 0 spiro atoms. The molecule has 23 heteroatoms. The largest absolute Gasteiger partial charge is 0.399 e. The van der Waals surface area contributed by atoms with E-state index in [2.05, 4.69) is 27.8 Å². The quantitative estimate of drug-likeness (QED) is 0.0184. The Kier molecular flexibility index (Phi) is 18.4. The van der Waals surface area contributed by atoms with Crippen LogP contribution in [0.5, 0.6) is 0 Å². The number of benzene rings is 5. The Bertz CT molecular complexity index is 3950. The first-order chi connectivity index (χ1) is 43.1. The van der Waals surface area contributed by atoms with Crippen LogP contribution in [0.25, 0.3) is 10.1 Å². The van der Waals surface area contributed by atoms with Crippen molar-refractivity contribution in [2.45, 2.75) is 132 Å². The van der Waals surface area contributed by atoms with Crippen LogP contribution in [0, 0.1) is 17.8 Å². The number of carbonyl (C=O) groups is 9. The summed E-state index contributed by atoms with van der Waals surface area (Å²) in [6.45, 7) is 0.728. The zero-order valence-corrected chi connectivity index (χ0v) is 50.7. The molecule has 5 aliphatic heterocycles. The van der Waals surface area contributed by atoms with Gasteiger partial charge in [0, 0.05) is 79.0 Å². The lowest BCUT2D eigenvalue weighted by molar-refractivity contribution is -0.137. The van der Waals surface area contributed by atoms with Crippen LogP contribution < -0.4 is 26.6 Å². The molecule has 6 heterocycles. The Morgan fingerprint density at radius 2 is 1.53 bits per heavy atom. The van der Waals surface area contributed by atoms with E-state index in [0.29, 0.717) is 48.1 Å². The topological polar surface area (TPSA) is 283 Å². The standard InChI is InChI=1S/C67H66F2N7O12PS/c68-67(69,89(86,87)88)46-33-45-35-56(90-60(45)49(36-46)64(83)74-31-29-39(30-32-74)13-5-1-2-6-18-42-19-12-22-47-50(42)38-75(65(47)84)53-26-28-58(79)73-61(53)80)63(82)72-52-24-23-43-20-11-21-44-34-54(76(59(43)44)66(52)85)62(81)71-51(25-27-57(70)78)55(77)37-48(40-14-7-3-8-15-40)41-16-9-4-10-17-41/h3-4,7-12,14-17,19-22,33,35-36,39,48,51-54H,1-2,5,13,23-32,34,37-38H2,(H2,70,78)(H,71,81)(H,72,82)(H,73,79,80)(H2,86,87,88)/t51-,52-,53?,54-/m0/s1. The molecule has 5 aromatic carbocycles. The van der Waals surface area contributed by atoms with Crippen molar-refractivity contribution in [3.8, 4) is 11.8 Å². The van der Waals surface area contributed by atoms with Gasteiger partial charge < -0.3 is 36.0 Å². The number of fused-ring (bicyclic) bond motifs is 2. The maximum absolute atomic E-state index is 15.7. The van der Waals surface area contributed by atoms with E-state index in [4.69, 9.17) is 5.73 Å². The molecular weight excluding hydrogens is 1200 g/mol. The molecule has 2 saturated heterocycles. The number of nitrogens with zero attached hydrogens (tertiary/aromatic N) is 3. The van der Waals surface area contributed by atoms with Crippen molar-refractivity contribution in [2.75, 3.05) is 18.0 Å². The lowest BCUT2D eigenvalue weighted by atomic mass is 9.85. The number of ketones is 1. The summed E-state index contributed by atoms with van der Waals surface area (Å²) in [5.41, 5.74) is 5.02. The number of hydrogen-bond acceptors (Lipinski definition) is 11. The summed E-state index contributed by atoms with van der Waals surface area (Å²) in [6.07, 6.45) is 4.66. The normalized spacial score (nSPS) is 18.8. The van der Waals surface area contributed by atoms with E-state index >= 15 is 8.78 Å². The van der Waals surface area contributed by atoms with Gasteiger partial charge in [-0.25, -0.2) is 0 Å². The van der Waals surface area contributed by atoms with Crippen molar-refractivity contribution in [1.82, 2.24) is 25.8 Å². The van der Waals surface area contributed by atoms with Crippen molar-refractivity contribution in [2.24, 2.45) is 11.7 Å². The van der Waals surface area contributed by atoms with E-state index in [1.165, 1.54) is 20.8 Å². The van der Waals surface area contributed by atoms with Gasteiger partial charge in [-0.2, -0.15) is 8.78 Å². The Morgan fingerprint density at radius 3 is 2.22 bits per heavy atom. The Labute approximate surface area is 521 Å². The molecular formula is C67H66F2N7O12PS. The number of nitrogens with one attached hydrogen (secondary N) is 3. The first-order valence-electron chi connectivity index (χ1n) is 30.2. The predicted molar refractivity (Wildman–Crippen MR) is 330 cm³/mol.